The lowest BCUT2D eigenvalue weighted by molar-refractivity contribution is -0.138. The number of amides is 4. The highest BCUT2D eigenvalue weighted by molar-refractivity contribution is 6.11. The summed E-state index contributed by atoms with van der Waals surface area (Å²) in [4.78, 5) is 66.0. The molecule has 8 aliphatic rings. The van der Waals surface area contributed by atoms with Crippen LogP contribution < -0.4 is 20.0 Å². The van der Waals surface area contributed by atoms with E-state index in [9.17, 15) is 32.3 Å². The van der Waals surface area contributed by atoms with Gasteiger partial charge in [0.15, 0.2) is 5.82 Å². The highest BCUT2D eigenvalue weighted by Gasteiger charge is 2.51. The molecule has 3 aromatic carbocycles. The maximum absolute atomic E-state index is 16.4. The number of benzene rings is 3. The Labute approximate surface area is 409 Å². The number of aliphatic imine (C=N–C) groups is 1. The van der Waals surface area contributed by atoms with Gasteiger partial charge in [-0.15, -0.1) is 10.2 Å². The van der Waals surface area contributed by atoms with Crippen LogP contribution in [0.4, 0.5) is 34.6 Å². The molecule has 4 aromatic rings. The Morgan fingerprint density at radius 3 is 2.39 bits per heavy atom. The molecule has 18 heteroatoms. The monoisotopic (exact) mass is 974 g/mol. The summed E-state index contributed by atoms with van der Waals surface area (Å²) in [6, 6.07) is 12.0. The number of fused-ring (bicyclic) bond motifs is 4. The van der Waals surface area contributed by atoms with Crippen LogP contribution in [-0.4, -0.2) is 112 Å². The number of nitrogens with one attached hydrogen (secondary N) is 1. The van der Waals surface area contributed by atoms with Gasteiger partial charge >= 0.3 is 6.18 Å². The fraction of sp³-hybridized carbons (Fsp3) is 0.528. The number of halogens is 4. The van der Waals surface area contributed by atoms with Gasteiger partial charge in [0.05, 0.1) is 29.9 Å². The topological polar surface area (TPSA) is 140 Å². The molecule has 14 nitrogen and oxygen atoms in total. The number of nitrogens with zero attached hydrogens (tertiary/aromatic N) is 9. The Morgan fingerprint density at radius 2 is 1.70 bits per heavy atom. The molecule has 1 N–H and O–H groups in total. The van der Waals surface area contributed by atoms with Crippen LogP contribution >= 0.6 is 0 Å². The minimum absolute atomic E-state index is 0.00307. The molecule has 12 rings (SSSR count). The molecule has 2 saturated carbocycles. The molecular formula is C53H58F4N10O4. The molecule has 3 atom stereocenters. The molecule has 1 spiro atoms. The van der Waals surface area contributed by atoms with Gasteiger partial charge in [-0.2, -0.15) is 13.2 Å². The van der Waals surface area contributed by atoms with Crippen molar-refractivity contribution >= 4 is 46.9 Å². The normalized spacial score (nSPS) is 27.3. The van der Waals surface area contributed by atoms with E-state index in [1.54, 1.807) is 25.5 Å². The number of aromatic nitrogens is 3. The average Bonchev–Trinajstić information content (AvgIpc) is 4.16. The van der Waals surface area contributed by atoms with Gasteiger partial charge in [0.2, 0.25) is 11.8 Å². The molecule has 6 fully saturated rings. The summed E-state index contributed by atoms with van der Waals surface area (Å²) >= 11 is 0. The summed E-state index contributed by atoms with van der Waals surface area (Å²) < 4.78 is 63.1. The SMILES string of the molecule is CN=CC1CC(Cc2nncn2C)(c2cccc(N3Cc4c(cc(N5CC6(CCC(CN7C[C@H]8C[C@@H]7CN8c7cc(C)c8c(c7F)CN(C7CCC(=O)NC7=O)C8=O)CC6)C5)cc4C(F)(F)F)C3=O)c2)C1. The molecule has 1 unspecified atom stereocenters. The zero-order valence-corrected chi connectivity index (χ0v) is 40.3. The number of aryl methyl sites for hydroxylation is 2. The zero-order chi connectivity index (χ0) is 49.3. The van der Waals surface area contributed by atoms with Gasteiger partial charge in [-0.05, 0) is 117 Å². The van der Waals surface area contributed by atoms with E-state index in [-0.39, 0.29) is 71.8 Å². The standard InChI is InChI=1S/C53H58F4N10O4/c1-30-13-43(47(54)40-26-67(50(71)46(30)40)42-7-8-45(68)60-48(42)69)65-24-36-15-37(65)23-63(36)22-31-9-11-51(12-10-31)27-64(28-51)35-16-38-39(41(17-35)53(55,56)57)25-66(49(38)70)34-6-4-5-33(14-34)52(18-32(19-52)21-58-2)20-44-61-59-29-62(44)3/h4-6,13-14,16-17,21,29,31-32,36-37,42H,7-12,15,18-20,22-28H2,1-3H3,(H,60,68,69)/t32?,36-,37-,42?,52?/m1/s1. The molecule has 0 radical (unpaired) electrons. The van der Waals surface area contributed by atoms with Crippen molar-refractivity contribution in [3.63, 3.8) is 0 Å². The van der Waals surface area contributed by atoms with Crippen LogP contribution in [0.1, 0.15) is 112 Å². The highest BCUT2D eigenvalue weighted by atomic mass is 19.4. The largest absolute Gasteiger partial charge is 0.416 e. The highest BCUT2D eigenvalue weighted by Crippen LogP contribution is 2.52. The van der Waals surface area contributed by atoms with Crippen LogP contribution in [-0.2, 0) is 47.7 Å². The van der Waals surface area contributed by atoms with Crippen molar-refractivity contribution in [2.24, 2.45) is 29.3 Å². The number of piperidine rings is 1. The minimum atomic E-state index is -4.64. The molecule has 6 aliphatic heterocycles. The zero-order valence-electron chi connectivity index (χ0n) is 40.3. The van der Waals surface area contributed by atoms with Crippen molar-refractivity contribution in [2.45, 2.75) is 114 Å². The van der Waals surface area contributed by atoms with Crippen LogP contribution in [0.25, 0.3) is 0 Å². The van der Waals surface area contributed by atoms with Crippen molar-refractivity contribution in [2.75, 3.05) is 54.5 Å². The summed E-state index contributed by atoms with van der Waals surface area (Å²) in [7, 11) is 3.68. The maximum Gasteiger partial charge on any atom is 0.416 e. The Bertz CT molecular complexity index is 2910. The smallest absolute Gasteiger partial charge is 0.370 e. The first-order valence-electron chi connectivity index (χ1n) is 25.1. The number of carbonyl (C=O) groups excluding carboxylic acids is 4. The van der Waals surface area contributed by atoms with Crippen LogP contribution in [0.5, 0.6) is 0 Å². The summed E-state index contributed by atoms with van der Waals surface area (Å²) in [6.07, 6.45) is 6.61. The second-order valence-corrected chi connectivity index (χ2v) is 22.1. The number of alkyl halides is 3. The van der Waals surface area contributed by atoms with E-state index in [1.807, 2.05) is 53.9 Å². The van der Waals surface area contributed by atoms with Crippen LogP contribution in [0.3, 0.4) is 0 Å². The van der Waals surface area contributed by atoms with E-state index in [0.717, 1.165) is 69.4 Å². The van der Waals surface area contributed by atoms with Crippen molar-refractivity contribution in [3.05, 3.63) is 99.4 Å². The van der Waals surface area contributed by atoms with Gasteiger partial charge in [-0.25, -0.2) is 4.39 Å². The lowest BCUT2D eigenvalue weighted by atomic mass is 9.57. The molecule has 2 aliphatic carbocycles. The number of anilines is 3. The molecule has 4 saturated heterocycles. The van der Waals surface area contributed by atoms with Crippen LogP contribution in [0, 0.1) is 30.0 Å². The van der Waals surface area contributed by atoms with E-state index in [4.69, 9.17) is 0 Å². The number of likely N-dealkylation sites (tertiary alicyclic amines) is 1. The molecule has 372 valence electrons. The van der Waals surface area contributed by atoms with E-state index in [0.29, 0.717) is 71.6 Å². The molecule has 7 heterocycles. The number of hydrogen-bond acceptors (Lipinski definition) is 10. The Morgan fingerprint density at radius 1 is 0.915 bits per heavy atom. The number of hydrogen-bond donors (Lipinski definition) is 1. The number of carbonyl (C=O) groups is 4. The average molecular weight is 975 g/mol. The van der Waals surface area contributed by atoms with E-state index >= 15 is 4.39 Å². The summed E-state index contributed by atoms with van der Waals surface area (Å²) in [6.45, 7) is 5.42. The first-order valence-corrected chi connectivity index (χ1v) is 25.1. The third-order valence-corrected chi connectivity index (χ3v) is 17.7. The van der Waals surface area contributed by atoms with Gasteiger partial charge in [0.25, 0.3) is 11.8 Å². The molecule has 1 aromatic heterocycles. The van der Waals surface area contributed by atoms with Crippen LogP contribution in [0.15, 0.2) is 53.8 Å². The lowest BCUT2D eigenvalue weighted by Crippen LogP contribution is -2.58. The van der Waals surface area contributed by atoms with Crippen LogP contribution in [0.2, 0.25) is 0 Å². The van der Waals surface area contributed by atoms with Gasteiger partial charge in [0, 0.05) is 111 Å². The fourth-order valence-electron chi connectivity index (χ4n) is 14.0. The first kappa shape index (κ1) is 45.9. The van der Waals surface area contributed by atoms with Crippen molar-refractivity contribution in [1.82, 2.24) is 29.9 Å². The Hall–Kier alpha value is -6.17. The maximum atomic E-state index is 16.4. The third-order valence-electron chi connectivity index (χ3n) is 17.7. The molecular weight excluding hydrogens is 917 g/mol. The lowest BCUT2D eigenvalue weighted by Gasteiger charge is -2.55. The van der Waals surface area contributed by atoms with E-state index in [1.165, 1.54) is 15.9 Å². The second-order valence-electron chi connectivity index (χ2n) is 22.1. The number of rotatable bonds is 10. The number of piperazine rings is 1. The Balaban J connectivity index is 0.679. The van der Waals surface area contributed by atoms with Crippen molar-refractivity contribution in [1.29, 1.82) is 0 Å². The predicted octanol–water partition coefficient (Wildman–Crippen LogP) is 6.75. The van der Waals surface area contributed by atoms with Gasteiger partial charge in [-0.3, -0.25) is 29.4 Å². The first-order chi connectivity index (χ1) is 34.0. The van der Waals surface area contributed by atoms with Gasteiger partial charge in [0.1, 0.15) is 18.2 Å². The summed E-state index contributed by atoms with van der Waals surface area (Å²) in [5.41, 5.74) is 2.97. The van der Waals surface area contributed by atoms with Gasteiger partial charge < -0.3 is 29.2 Å². The quantitative estimate of drug-likeness (QED) is 0.104. The van der Waals surface area contributed by atoms with E-state index < -0.39 is 35.4 Å². The molecule has 71 heavy (non-hydrogen) atoms. The van der Waals surface area contributed by atoms with Gasteiger partial charge in [-0.1, -0.05) is 12.1 Å². The molecule has 4 amide bonds. The van der Waals surface area contributed by atoms with Crippen molar-refractivity contribution in [3.8, 4) is 0 Å². The predicted molar refractivity (Wildman–Crippen MR) is 257 cm³/mol. The van der Waals surface area contributed by atoms with E-state index in [2.05, 4.69) is 30.3 Å². The summed E-state index contributed by atoms with van der Waals surface area (Å²) in [5, 5.41) is 10.7. The Kier molecular flexibility index (Phi) is 10.8. The fourth-order valence-corrected chi connectivity index (χ4v) is 14.0. The minimum Gasteiger partial charge on any atom is -0.370 e. The van der Waals surface area contributed by atoms with Crippen molar-refractivity contribution < 1.29 is 36.7 Å². The second kappa shape index (κ2) is 16.7. The third kappa shape index (κ3) is 7.63. The molecule has 2 bridgehead atoms. The number of imide groups is 1. The summed E-state index contributed by atoms with van der Waals surface area (Å²) in [5.74, 6) is -0.472.